The van der Waals surface area contributed by atoms with E-state index in [9.17, 15) is 0 Å². The molecule has 84 valence electrons. The molecule has 1 aliphatic heterocycles. The predicted octanol–water partition coefficient (Wildman–Crippen LogP) is 3.95. The minimum atomic E-state index is 0.278. The molecule has 1 N–H and O–H groups in total. The first kappa shape index (κ1) is 10.2. The molecule has 1 nitrogen and oxygen atoms in total. The smallest absolute Gasteiger partial charge is 0.0698 e. The summed E-state index contributed by atoms with van der Waals surface area (Å²) in [5, 5.41) is 3.59. The Hall–Kier alpha value is -2.02. The van der Waals surface area contributed by atoms with E-state index in [1.807, 2.05) is 0 Å². The molecule has 1 aliphatic rings. The Labute approximate surface area is 102 Å². The number of hydrogen-bond acceptors (Lipinski definition) is 1. The van der Waals surface area contributed by atoms with Crippen molar-refractivity contribution < 1.29 is 0 Å². The van der Waals surface area contributed by atoms with Gasteiger partial charge in [0.2, 0.25) is 0 Å². The summed E-state index contributed by atoms with van der Waals surface area (Å²) in [5.74, 6) is 0. The molecule has 2 aromatic rings. The molecule has 1 atom stereocenters. The molecule has 0 aliphatic carbocycles. The van der Waals surface area contributed by atoms with Crippen molar-refractivity contribution in [1.29, 1.82) is 0 Å². The summed E-state index contributed by atoms with van der Waals surface area (Å²) in [5.41, 5.74) is 3.91. The molecule has 0 unspecified atom stereocenters. The Kier molecular flexibility index (Phi) is 2.66. The summed E-state index contributed by atoms with van der Waals surface area (Å²) < 4.78 is 0. The molecule has 0 spiro atoms. The SMILES string of the molecule is C1=C[C@@H](c2ccccc2)Nc2ccccc2C1. The van der Waals surface area contributed by atoms with Gasteiger partial charge in [0.05, 0.1) is 6.04 Å². The normalized spacial score (nSPS) is 18.0. The summed E-state index contributed by atoms with van der Waals surface area (Å²) in [6.07, 6.45) is 5.50. The van der Waals surface area contributed by atoms with Crippen LogP contribution in [-0.4, -0.2) is 0 Å². The van der Waals surface area contributed by atoms with E-state index in [-0.39, 0.29) is 6.04 Å². The Morgan fingerprint density at radius 1 is 0.882 bits per heavy atom. The van der Waals surface area contributed by atoms with E-state index in [1.54, 1.807) is 0 Å². The first-order valence-corrected chi connectivity index (χ1v) is 5.99. The first-order valence-electron chi connectivity index (χ1n) is 5.99. The number of allylic oxidation sites excluding steroid dienone is 1. The van der Waals surface area contributed by atoms with Crippen molar-refractivity contribution in [3.8, 4) is 0 Å². The van der Waals surface area contributed by atoms with Gasteiger partial charge in [-0.2, -0.15) is 0 Å². The number of fused-ring (bicyclic) bond motifs is 1. The van der Waals surface area contributed by atoms with Crippen LogP contribution in [0.25, 0.3) is 0 Å². The van der Waals surface area contributed by atoms with Crippen LogP contribution >= 0.6 is 0 Å². The Morgan fingerprint density at radius 2 is 1.65 bits per heavy atom. The van der Waals surface area contributed by atoms with Gasteiger partial charge in [0.15, 0.2) is 0 Å². The Balaban J connectivity index is 1.95. The quantitative estimate of drug-likeness (QED) is 0.719. The molecule has 0 aromatic heterocycles. The average Bonchev–Trinajstić information content (AvgIpc) is 2.62. The maximum Gasteiger partial charge on any atom is 0.0698 e. The number of para-hydroxylation sites is 1. The van der Waals surface area contributed by atoms with Gasteiger partial charge in [0.1, 0.15) is 0 Å². The van der Waals surface area contributed by atoms with Gasteiger partial charge in [-0.1, -0.05) is 60.7 Å². The lowest BCUT2D eigenvalue weighted by molar-refractivity contribution is 0.988. The first-order chi connectivity index (χ1) is 8.43. The number of benzene rings is 2. The van der Waals surface area contributed by atoms with Crippen molar-refractivity contribution in [2.75, 3.05) is 5.32 Å². The van der Waals surface area contributed by atoms with Crippen molar-refractivity contribution in [2.45, 2.75) is 12.5 Å². The lowest BCUT2D eigenvalue weighted by Crippen LogP contribution is -2.07. The summed E-state index contributed by atoms with van der Waals surface area (Å²) >= 11 is 0. The molecule has 1 heterocycles. The van der Waals surface area contributed by atoms with Crippen molar-refractivity contribution in [1.82, 2.24) is 0 Å². The maximum absolute atomic E-state index is 3.59. The van der Waals surface area contributed by atoms with Crippen molar-refractivity contribution >= 4 is 5.69 Å². The van der Waals surface area contributed by atoms with Crippen LogP contribution in [0.15, 0.2) is 66.7 Å². The number of anilines is 1. The maximum atomic E-state index is 3.59. The molecule has 0 fully saturated rings. The van der Waals surface area contributed by atoms with E-state index in [2.05, 4.69) is 72.1 Å². The second-order valence-electron chi connectivity index (χ2n) is 4.32. The van der Waals surface area contributed by atoms with Gasteiger partial charge in [-0.25, -0.2) is 0 Å². The molecule has 0 saturated heterocycles. The fourth-order valence-electron chi connectivity index (χ4n) is 2.24. The monoisotopic (exact) mass is 221 g/mol. The van der Waals surface area contributed by atoms with Crippen LogP contribution in [0.5, 0.6) is 0 Å². The van der Waals surface area contributed by atoms with Gasteiger partial charge < -0.3 is 5.32 Å². The van der Waals surface area contributed by atoms with E-state index < -0.39 is 0 Å². The fourth-order valence-corrected chi connectivity index (χ4v) is 2.24. The molecular weight excluding hydrogens is 206 g/mol. The number of nitrogens with one attached hydrogen (secondary N) is 1. The third-order valence-electron chi connectivity index (χ3n) is 3.15. The van der Waals surface area contributed by atoms with Crippen LogP contribution in [0.2, 0.25) is 0 Å². The highest BCUT2D eigenvalue weighted by molar-refractivity contribution is 5.55. The van der Waals surface area contributed by atoms with E-state index in [4.69, 9.17) is 0 Å². The van der Waals surface area contributed by atoms with Crippen molar-refractivity contribution in [3.05, 3.63) is 77.9 Å². The zero-order valence-electron chi connectivity index (χ0n) is 9.64. The van der Waals surface area contributed by atoms with Gasteiger partial charge in [-0.3, -0.25) is 0 Å². The zero-order valence-corrected chi connectivity index (χ0v) is 9.64. The molecule has 3 rings (SSSR count). The fraction of sp³-hybridized carbons (Fsp3) is 0.125. The largest absolute Gasteiger partial charge is 0.375 e. The van der Waals surface area contributed by atoms with E-state index in [0.717, 1.165) is 6.42 Å². The molecular formula is C16H15N. The highest BCUT2D eigenvalue weighted by atomic mass is 14.9. The van der Waals surface area contributed by atoms with Crippen LogP contribution in [0.1, 0.15) is 17.2 Å². The van der Waals surface area contributed by atoms with Crippen LogP contribution in [0.4, 0.5) is 5.69 Å². The summed E-state index contributed by atoms with van der Waals surface area (Å²) in [6.45, 7) is 0. The topological polar surface area (TPSA) is 12.0 Å². The average molecular weight is 221 g/mol. The van der Waals surface area contributed by atoms with Gasteiger partial charge in [0, 0.05) is 5.69 Å². The summed E-state index contributed by atoms with van der Waals surface area (Å²) in [7, 11) is 0. The molecule has 0 saturated carbocycles. The van der Waals surface area contributed by atoms with Crippen LogP contribution in [-0.2, 0) is 6.42 Å². The minimum absolute atomic E-state index is 0.278. The zero-order chi connectivity index (χ0) is 11.5. The number of rotatable bonds is 1. The lowest BCUT2D eigenvalue weighted by Gasteiger charge is -2.16. The lowest BCUT2D eigenvalue weighted by atomic mass is 10.1. The molecule has 17 heavy (non-hydrogen) atoms. The highest BCUT2D eigenvalue weighted by Crippen LogP contribution is 2.27. The third-order valence-corrected chi connectivity index (χ3v) is 3.15. The van der Waals surface area contributed by atoms with Gasteiger partial charge >= 0.3 is 0 Å². The molecule has 2 aromatic carbocycles. The second kappa shape index (κ2) is 4.46. The Bertz CT molecular complexity index is 528. The Morgan fingerprint density at radius 3 is 2.53 bits per heavy atom. The van der Waals surface area contributed by atoms with Gasteiger partial charge in [-0.05, 0) is 23.6 Å². The molecule has 0 amide bonds. The molecule has 0 bridgehead atoms. The van der Waals surface area contributed by atoms with E-state index in [1.165, 1.54) is 16.8 Å². The van der Waals surface area contributed by atoms with E-state index in [0.29, 0.717) is 0 Å². The standard InChI is InChI=1S/C16H15N/c1-2-7-13(8-3-1)16-12-6-10-14-9-4-5-11-15(14)17-16/h1-9,11-12,16-17H,10H2/t16-/m0/s1. The van der Waals surface area contributed by atoms with Crippen molar-refractivity contribution in [3.63, 3.8) is 0 Å². The van der Waals surface area contributed by atoms with E-state index >= 15 is 0 Å². The second-order valence-corrected chi connectivity index (χ2v) is 4.32. The summed E-state index contributed by atoms with van der Waals surface area (Å²) in [6, 6.07) is 19.3. The highest BCUT2D eigenvalue weighted by Gasteiger charge is 2.12. The molecule has 0 radical (unpaired) electrons. The minimum Gasteiger partial charge on any atom is -0.375 e. The third kappa shape index (κ3) is 2.09. The van der Waals surface area contributed by atoms with Crippen LogP contribution < -0.4 is 5.32 Å². The van der Waals surface area contributed by atoms with Gasteiger partial charge in [0.25, 0.3) is 0 Å². The van der Waals surface area contributed by atoms with Crippen LogP contribution in [0.3, 0.4) is 0 Å². The predicted molar refractivity (Wildman–Crippen MR) is 72.1 cm³/mol. The van der Waals surface area contributed by atoms with Crippen LogP contribution in [0, 0.1) is 0 Å². The molecule has 1 heteroatoms. The number of hydrogen-bond donors (Lipinski definition) is 1. The van der Waals surface area contributed by atoms with Crippen molar-refractivity contribution in [2.24, 2.45) is 0 Å². The summed E-state index contributed by atoms with van der Waals surface area (Å²) in [4.78, 5) is 0. The van der Waals surface area contributed by atoms with Gasteiger partial charge in [-0.15, -0.1) is 0 Å².